The maximum absolute atomic E-state index is 6.90. The molecule has 1 aliphatic heterocycles. The van der Waals surface area contributed by atoms with Gasteiger partial charge in [-0.15, -0.1) is 0 Å². The maximum atomic E-state index is 6.90. The highest BCUT2D eigenvalue weighted by Gasteiger charge is 2.34. The number of benzene rings is 7. The van der Waals surface area contributed by atoms with Gasteiger partial charge in [-0.05, 0) is 62.8 Å². The van der Waals surface area contributed by atoms with Crippen molar-refractivity contribution in [1.82, 2.24) is 0 Å². The number of fused-ring (bicyclic) bond motifs is 7. The minimum Gasteiger partial charge on any atom is -0.514 e. The van der Waals surface area contributed by atoms with Gasteiger partial charge in [0.2, 0.25) is 0 Å². The summed E-state index contributed by atoms with van der Waals surface area (Å²) in [5.41, 5.74) is 7.10. The molecule has 0 unspecified atom stereocenters. The van der Waals surface area contributed by atoms with E-state index in [-0.39, 0.29) is 0 Å². The van der Waals surface area contributed by atoms with Crippen molar-refractivity contribution < 1.29 is 9.31 Å². The Balaban J connectivity index is 1.52. The van der Waals surface area contributed by atoms with E-state index in [4.69, 9.17) is 9.31 Å². The molecule has 0 fully saturated rings. The van der Waals surface area contributed by atoms with E-state index in [0.717, 1.165) is 72.0 Å². The molecule has 3 heteroatoms. The van der Waals surface area contributed by atoms with E-state index < -0.39 is 7.12 Å². The molecular formula is C40H25BO2. The quantitative estimate of drug-likeness (QED) is 0.158. The van der Waals surface area contributed by atoms with Gasteiger partial charge in [-0.3, -0.25) is 0 Å². The Morgan fingerprint density at radius 3 is 1.35 bits per heavy atom. The smallest absolute Gasteiger partial charge is 0.514 e. The van der Waals surface area contributed by atoms with Gasteiger partial charge in [0.05, 0.1) is 0 Å². The molecule has 2 nitrogen and oxygen atoms in total. The van der Waals surface area contributed by atoms with Crippen molar-refractivity contribution in [2.24, 2.45) is 0 Å². The Morgan fingerprint density at radius 1 is 0.442 bits per heavy atom. The molecule has 1 heterocycles. The fraction of sp³-hybridized carbons (Fsp3) is 0. The minimum atomic E-state index is -0.840. The molecule has 1 aliphatic rings. The van der Waals surface area contributed by atoms with E-state index in [0.29, 0.717) is 0 Å². The molecule has 0 aliphatic carbocycles. The van der Waals surface area contributed by atoms with Crippen LogP contribution in [0.25, 0.3) is 54.9 Å². The normalized spacial score (nSPS) is 11.9. The van der Waals surface area contributed by atoms with Crippen LogP contribution in [0.4, 0.5) is 0 Å². The van der Waals surface area contributed by atoms with E-state index in [1.807, 2.05) is 42.5 Å². The number of rotatable bonds is 2. The van der Waals surface area contributed by atoms with Crippen LogP contribution >= 0.6 is 0 Å². The minimum absolute atomic E-state index is 0.770. The fourth-order valence-corrected chi connectivity index (χ4v) is 6.02. The van der Waals surface area contributed by atoms with Crippen molar-refractivity contribution in [2.75, 3.05) is 0 Å². The molecule has 43 heavy (non-hydrogen) atoms. The summed E-state index contributed by atoms with van der Waals surface area (Å²) >= 11 is 0. The molecule has 0 radical (unpaired) electrons. The van der Waals surface area contributed by atoms with Crippen LogP contribution in [-0.2, 0) is 0 Å². The third-order valence-corrected chi connectivity index (χ3v) is 7.98. The van der Waals surface area contributed by atoms with Gasteiger partial charge in [0.25, 0.3) is 0 Å². The second kappa shape index (κ2) is 10.6. The Hall–Kier alpha value is -5.72. The van der Waals surface area contributed by atoms with Gasteiger partial charge in [0, 0.05) is 27.8 Å². The maximum Gasteiger partial charge on any atom is 0.690 e. The first-order chi connectivity index (χ1) is 21.3. The van der Waals surface area contributed by atoms with Crippen molar-refractivity contribution in [3.05, 3.63) is 157 Å². The Morgan fingerprint density at radius 2 is 0.860 bits per heavy atom. The lowest BCUT2D eigenvalue weighted by Gasteiger charge is -2.19. The summed E-state index contributed by atoms with van der Waals surface area (Å²) in [5, 5.41) is 4.48. The average molecular weight is 548 g/mol. The predicted octanol–water partition coefficient (Wildman–Crippen LogP) is 9.84. The summed E-state index contributed by atoms with van der Waals surface area (Å²) in [6, 6.07) is 52.3. The number of hydrogen-bond donors (Lipinski definition) is 0. The van der Waals surface area contributed by atoms with Gasteiger partial charge in [0.1, 0.15) is 11.5 Å². The first kappa shape index (κ1) is 25.0. The zero-order valence-corrected chi connectivity index (χ0v) is 23.3. The summed E-state index contributed by atoms with van der Waals surface area (Å²) in [7, 11) is -0.840. The zero-order chi connectivity index (χ0) is 28.6. The van der Waals surface area contributed by atoms with Gasteiger partial charge in [0.15, 0.2) is 0 Å². The third kappa shape index (κ3) is 4.51. The Bertz CT molecular complexity index is 2050. The molecule has 0 N–H and O–H groups in total. The van der Waals surface area contributed by atoms with Gasteiger partial charge < -0.3 is 9.31 Å². The first-order valence-corrected chi connectivity index (χ1v) is 14.5. The van der Waals surface area contributed by atoms with Crippen LogP contribution in [0, 0.1) is 11.7 Å². The lowest BCUT2D eigenvalue weighted by molar-refractivity contribution is 0.451. The molecule has 200 valence electrons. The second-order valence-corrected chi connectivity index (χ2v) is 10.6. The Labute approximate surface area is 251 Å². The van der Waals surface area contributed by atoms with E-state index in [9.17, 15) is 0 Å². The highest BCUT2D eigenvalue weighted by Crippen LogP contribution is 2.53. The molecule has 0 amide bonds. The highest BCUT2D eigenvalue weighted by atomic mass is 16.6. The van der Waals surface area contributed by atoms with Crippen LogP contribution < -0.4 is 9.31 Å². The SMILES string of the molecule is C(#Cc1ccccc1)B1Oc2c(-c3ccccc3)cc3ccccc3c2-c2c(c(-c3ccccc3)cc3ccccc23)O1. The summed E-state index contributed by atoms with van der Waals surface area (Å²) in [4.78, 5) is 0. The predicted molar refractivity (Wildman–Crippen MR) is 178 cm³/mol. The molecule has 7 aromatic rings. The van der Waals surface area contributed by atoms with Gasteiger partial charge in [-0.1, -0.05) is 133 Å². The summed E-state index contributed by atoms with van der Waals surface area (Å²) in [6.07, 6.45) is 0. The standard InChI is InChI=1S/C40H25BO2/c1-4-14-28(15-5-1)24-25-41-42-39-35(29-16-6-2-7-17-29)26-31-20-10-12-22-33(31)37(39)38-34-23-13-11-21-32(34)27-36(40(38)43-41)30-18-8-3-9-19-30/h1-23,26-27H. The van der Waals surface area contributed by atoms with Crippen LogP contribution in [0.5, 0.6) is 11.5 Å². The molecule has 0 spiro atoms. The van der Waals surface area contributed by atoms with E-state index in [2.05, 4.69) is 121 Å². The van der Waals surface area contributed by atoms with Gasteiger partial charge >= 0.3 is 7.12 Å². The summed E-state index contributed by atoms with van der Waals surface area (Å²) < 4.78 is 13.8. The molecule has 0 saturated heterocycles. The molecule has 0 saturated carbocycles. The lowest BCUT2D eigenvalue weighted by Crippen LogP contribution is -2.28. The molecule has 0 aromatic heterocycles. The average Bonchev–Trinajstić information content (AvgIpc) is 3.25. The molecule has 7 aromatic carbocycles. The topological polar surface area (TPSA) is 18.5 Å². The van der Waals surface area contributed by atoms with Crippen LogP contribution in [-0.4, -0.2) is 7.12 Å². The monoisotopic (exact) mass is 548 g/mol. The van der Waals surface area contributed by atoms with Crippen LogP contribution in [0.3, 0.4) is 0 Å². The molecule has 8 rings (SSSR count). The van der Waals surface area contributed by atoms with E-state index >= 15 is 0 Å². The first-order valence-electron chi connectivity index (χ1n) is 14.5. The zero-order valence-electron chi connectivity index (χ0n) is 23.3. The van der Waals surface area contributed by atoms with Gasteiger partial charge in [-0.2, -0.15) is 0 Å². The highest BCUT2D eigenvalue weighted by molar-refractivity contribution is 6.57. The van der Waals surface area contributed by atoms with E-state index in [1.54, 1.807) is 0 Å². The summed E-state index contributed by atoms with van der Waals surface area (Å²) in [6.45, 7) is 0. The third-order valence-electron chi connectivity index (χ3n) is 7.98. The van der Waals surface area contributed by atoms with Crippen molar-refractivity contribution in [3.8, 4) is 56.6 Å². The molecule has 0 atom stereocenters. The van der Waals surface area contributed by atoms with Crippen molar-refractivity contribution in [2.45, 2.75) is 0 Å². The van der Waals surface area contributed by atoms with Gasteiger partial charge in [-0.25, -0.2) is 0 Å². The lowest BCUT2D eigenvalue weighted by atomic mass is 9.86. The van der Waals surface area contributed by atoms with E-state index in [1.165, 1.54) is 0 Å². The van der Waals surface area contributed by atoms with Crippen LogP contribution in [0.2, 0.25) is 0 Å². The van der Waals surface area contributed by atoms with Crippen molar-refractivity contribution in [1.29, 1.82) is 0 Å². The molecule has 0 bridgehead atoms. The number of hydrogen-bond acceptors (Lipinski definition) is 2. The Kier molecular flexibility index (Phi) is 6.17. The molecular weight excluding hydrogens is 523 g/mol. The fourth-order valence-electron chi connectivity index (χ4n) is 6.02. The second-order valence-electron chi connectivity index (χ2n) is 10.6. The van der Waals surface area contributed by atoms with Crippen LogP contribution in [0.15, 0.2) is 152 Å². The summed E-state index contributed by atoms with van der Waals surface area (Å²) in [5.74, 6) is 8.15. The van der Waals surface area contributed by atoms with Crippen molar-refractivity contribution >= 4 is 28.7 Å². The van der Waals surface area contributed by atoms with Crippen LogP contribution in [0.1, 0.15) is 5.56 Å². The largest absolute Gasteiger partial charge is 0.690 e. The van der Waals surface area contributed by atoms with Crippen molar-refractivity contribution in [3.63, 3.8) is 0 Å².